The Morgan fingerprint density at radius 3 is 2.80 bits per heavy atom. The van der Waals surface area contributed by atoms with E-state index < -0.39 is 0 Å². The van der Waals surface area contributed by atoms with E-state index in [4.69, 9.17) is 0 Å². The monoisotopic (exact) mass is 221 g/mol. The number of phenolic OH excluding ortho intramolecular Hbond substituents is 1. The van der Waals surface area contributed by atoms with Gasteiger partial charge in [0.1, 0.15) is 10.8 Å². The molecule has 2 aromatic rings. The second-order valence-electron chi connectivity index (χ2n) is 3.11. The topological polar surface area (TPSA) is 58.0 Å². The van der Waals surface area contributed by atoms with E-state index in [0.717, 1.165) is 15.7 Å². The quantitative estimate of drug-likeness (QED) is 0.834. The van der Waals surface area contributed by atoms with Crippen molar-refractivity contribution in [2.45, 2.75) is 13.5 Å². The van der Waals surface area contributed by atoms with Crippen molar-refractivity contribution >= 4 is 16.5 Å². The van der Waals surface area contributed by atoms with Crippen LogP contribution in [0.5, 0.6) is 5.75 Å². The van der Waals surface area contributed by atoms with E-state index in [2.05, 4.69) is 15.5 Å². The molecule has 5 heteroatoms. The van der Waals surface area contributed by atoms with Gasteiger partial charge in [0.2, 0.25) is 5.13 Å². The van der Waals surface area contributed by atoms with Gasteiger partial charge in [-0.1, -0.05) is 29.5 Å². The Hall–Kier alpha value is -1.62. The molecule has 78 valence electrons. The van der Waals surface area contributed by atoms with Gasteiger partial charge in [-0.15, -0.1) is 10.2 Å². The summed E-state index contributed by atoms with van der Waals surface area (Å²) in [5, 5.41) is 22.2. The molecule has 1 aromatic heterocycles. The summed E-state index contributed by atoms with van der Waals surface area (Å²) in [7, 11) is 0. The van der Waals surface area contributed by atoms with Gasteiger partial charge in [-0.2, -0.15) is 0 Å². The smallest absolute Gasteiger partial charge is 0.205 e. The van der Waals surface area contributed by atoms with Gasteiger partial charge in [-0.05, 0) is 13.0 Å². The number of aromatic nitrogens is 2. The molecule has 0 aliphatic carbocycles. The molecule has 0 saturated heterocycles. The Kier molecular flexibility index (Phi) is 2.82. The van der Waals surface area contributed by atoms with Crippen LogP contribution in [0.25, 0.3) is 0 Å². The van der Waals surface area contributed by atoms with Crippen molar-refractivity contribution in [3.05, 3.63) is 34.8 Å². The SMILES string of the molecule is Cc1nnc(NCc2ccccc2O)s1. The standard InChI is InChI=1S/C10H11N3OS/c1-7-12-13-10(15-7)11-6-8-4-2-3-5-9(8)14/h2-5,14H,6H2,1H3,(H,11,13). The van der Waals surface area contributed by atoms with Crippen LogP contribution in [0.15, 0.2) is 24.3 Å². The number of nitrogens with zero attached hydrogens (tertiary/aromatic N) is 2. The maximum atomic E-state index is 9.52. The Labute approximate surface area is 91.6 Å². The highest BCUT2D eigenvalue weighted by Crippen LogP contribution is 2.19. The Bertz CT molecular complexity index is 455. The fourth-order valence-electron chi connectivity index (χ4n) is 1.20. The maximum Gasteiger partial charge on any atom is 0.205 e. The number of nitrogens with one attached hydrogen (secondary N) is 1. The first-order chi connectivity index (χ1) is 7.25. The minimum absolute atomic E-state index is 0.297. The zero-order valence-electron chi connectivity index (χ0n) is 8.27. The van der Waals surface area contributed by atoms with Crippen LogP contribution in [0.2, 0.25) is 0 Å². The van der Waals surface area contributed by atoms with Gasteiger partial charge >= 0.3 is 0 Å². The molecule has 1 aromatic carbocycles. The summed E-state index contributed by atoms with van der Waals surface area (Å²) in [5.74, 6) is 0.297. The molecule has 0 unspecified atom stereocenters. The van der Waals surface area contributed by atoms with Crippen LogP contribution in [-0.2, 0) is 6.54 Å². The van der Waals surface area contributed by atoms with Crippen molar-refractivity contribution in [1.82, 2.24) is 10.2 Å². The second kappa shape index (κ2) is 4.27. The van der Waals surface area contributed by atoms with Gasteiger partial charge in [0.25, 0.3) is 0 Å². The lowest BCUT2D eigenvalue weighted by Crippen LogP contribution is -1.98. The summed E-state index contributed by atoms with van der Waals surface area (Å²) < 4.78 is 0. The average molecular weight is 221 g/mol. The van der Waals surface area contributed by atoms with Gasteiger partial charge in [-0.3, -0.25) is 0 Å². The summed E-state index contributed by atoms with van der Waals surface area (Å²) in [5.41, 5.74) is 0.852. The first-order valence-electron chi connectivity index (χ1n) is 4.56. The van der Waals surface area contributed by atoms with E-state index in [1.807, 2.05) is 19.1 Å². The van der Waals surface area contributed by atoms with Crippen molar-refractivity contribution in [2.24, 2.45) is 0 Å². The number of hydrogen-bond acceptors (Lipinski definition) is 5. The maximum absolute atomic E-state index is 9.52. The van der Waals surface area contributed by atoms with Gasteiger partial charge in [0, 0.05) is 12.1 Å². The molecule has 2 N–H and O–H groups in total. The van der Waals surface area contributed by atoms with E-state index in [0.29, 0.717) is 12.3 Å². The van der Waals surface area contributed by atoms with Crippen LogP contribution in [0.1, 0.15) is 10.6 Å². The van der Waals surface area contributed by atoms with E-state index >= 15 is 0 Å². The van der Waals surface area contributed by atoms with Crippen molar-refractivity contribution in [3.63, 3.8) is 0 Å². The van der Waals surface area contributed by atoms with Crippen LogP contribution in [0, 0.1) is 6.92 Å². The number of anilines is 1. The van der Waals surface area contributed by atoms with Crippen LogP contribution in [0.3, 0.4) is 0 Å². The van der Waals surface area contributed by atoms with Gasteiger partial charge in [0.15, 0.2) is 0 Å². The van der Waals surface area contributed by atoms with Gasteiger partial charge in [0.05, 0.1) is 0 Å². The highest BCUT2D eigenvalue weighted by atomic mass is 32.1. The molecule has 0 saturated carbocycles. The third-order valence-electron chi connectivity index (χ3n) is 1.95. The molecule has 0 atom stereocenters. The van der Waals surface area contributed by atoms with E-state index in [1.165, 1.54) is 11.3 Å². The van der Waals surface area contributed by atoms with Crippen LogP contribution >= 0.6 is 11.3 Å². The molecule has 2 rings (SSSR count). The van der Waals surface area contributed by atoms with Crippen LogP contribution in [0.4, 0.5) is 5.13 Å². The first kappa shape index (κ1) is 9.92. The Morgan fingerprint density at radius 2 is 2.13 bits per heavy atom. The largest absolute Gasteiger partial charge is 0.508 e. The molecule has 0 amide bonds. The lowest BCUT2D eigenvalue weighted by Gasteiger charge is -2.03. The fourth-order valence-corrected chi connectivity index (χ4v) is 1.79. The molecule has 0 spiro atoms. The zero-order valence-corrected chi connectivity index (χ0v) is 9.08. The predicted octanol–water partition coefficient (Wildman–Crippen LogP) is 2.16. The summed E-state index contributed by atoms with van der Waals surface area (Å²) in [6, 6.07) is 7.23. The van der Waals surface area contributed by atoms with Crippen molar-refractivity contribution < 1.29 is 5.11 Å². The predicted molar refractivity (Wildman–Crippen MR) is 60.1 cm³/mol. The molecular weight excluding hydrogens is 210 g/mol. The third kappa shape index (κ3) is 2.44. The summed E-state index contributed by atoms with van der Waals surface area (Å²) in [6.07, 6.45) is 0. The summed E-state index contributed by atoms with van der Waals surface area (Å²) in [6.45, 7) is 2.46. The fraction of sp³-hybridized carbons (Fsp3) is 0.200. The highest BCUT2D eigenvalue weighted by Gasteiger charge is 2.02. The van der Waals surface area contributed by atoms with Gasteiger partial charge in [-0.25, -0.2) is 0 Å². The van der Waals surface area contributed by atoms with E-state index in [1.54, 1.807) is 12.1 Å². The number of benzene rings is 1. The first-order valence-corrected chi connectivity index (χ1v) is 5.38. The van der Waals surface area contributed by atoms with Crippen molar-refractivity contribution in [1.29, 1.82) is 0 Å². The summed E-state index contributed by atoms with van der Waals surface area (Å²) in [4.78, 5) is 0. The van der Waals surface area contributed by atoms with Crippen molar-refractivity contribution in [2.75, 3.05) is 5.32 Å². The number of aryl methyl sites for hydroxylation is 1. The number of phenols is 1. The third-order valence-corrected chi connectivity index (χ3v) is 2.74. The van der Waals surface area contributed by atoms with Crippen LogP contribution in [-0.4, -0.2) is 15.3 Å². The van der Waals surface area contributed by atoms with Gasteiger partial charge < -0.3 is 10.4 Å². The molecule has 0 radical (unpaired) electrons. The molecule has 0 bridgehead atoms. The number of rotatable bonds is 3. The number of hydrogen-bond donors (Lipinski definition) is 2. The molecule has 1 heterocycles. The molecule has 0 aliphatic heterocycles. The lowest BCUT2D eigenvalue weighted by atomic mass is 10.2. The Morgan fingerprint density at radius 1 is 1.33 bits per heavy atom. The molecule has 15 heavy (non-hydrogen) atoms. The Balaban J connectivity index is 2.02. The normalized spacial score (nSPS) is 10.2. The average Bonchev–Trinajstić information content (AvgIpc) is 2.63. The molecule has 0 fully saturated rings. The second-order valence-corrected chi connectivity index (χ2v) is 4.29. The number of para-hydroxylation sites is 1. The number of aromatic hydroxyl groups is 1. The van der Waals surface area contributed by atoms with E-state index in [-0.39, 0.29) is 0 Å². The minimum atomic E-state index is 0.297. The highest BCUT2D eigenvalue weighted by molar-refractivity contribution is 7.15. The van der Waals surface area contributed by atoms with Crippen molar-refractivity contribution in [3.8, 4) is 5.75 Å². The zero-order chi connectivity index (χ0) is 10.7. The molecule has 4 nitrogen and oxygen atoms in total. The van der Waals surface area contributed by atoms with E-state index in [9.17, 15) is 5.11 Å². The summed E-state index contributed by atoms with van der Waals surface area (Å²) >= 11 is 1.50. The van der Waals surface area contributed by atoms with Crippen LogP contribution < -0.4 is 5.32 Å². The molecular formula is C10H11N3OS. The minimum Gasteiger partial charge on any atom is -0.508 e. The lowest BCUT2D eigenvalue weighted by molar-refractivity contribution is 0.469. The molecule has 0 aliphatic rings.